The summed E-state index contributed by atoms with van der Waals surface area (Å²) in [4.78, 5) is 0. The van der Waals surface area contributed by atoms with Crippen molar-refractivity contribution in [2.45, 2.75) is 24.6 Å². The molecule has 0 aliphatic rings. The standard InChI is InChI=1S/C16H15BrClN3O2S2/c1-10-16(20-25(22,23)15-8-7-14(17)24-15)11(2)21(19-10)9-12-5-3-4-6-13(12)18/h3-8,20H,9H2,1-2H3. The highest BCUT2D eigenvalue weighted by Gasteiger charge is 2.21. The highest BCUT2D eigenvalue weighted by Crippen LogP contribution is 2.30. The Kier molecular flexibility index (Phi) is 5.24. The minimum absolute atomic E-state index is 0.247. The van der Waals surface area contributed by atoms with E-state index >= 15 is 0 Å². The van der Waals surface area contributed by atoms with E-state index in [4.69, 9.17) is 11.6 Å². The third kappa shape index (κ3) is 3.92. The summed E-state index contributed by atoms with van der Waals surface area (Å²) in [5.41, 5.74) is 2.77. The van der Waals surface area contributed by atoms with Crippen LogP contribution in [-0.2, 0) is 16.6 Å². The quantitative estimate of drug-likeness (QED) is 0.593. The second kappa shape index (κ2) is 7.11. The van der Waals surface area contributed by atoms with E-state index in [0.717, 1.165) is 26.4 Å². The number of thiophene rings is 1. The number of nitrogens with zero attached hydrogens (tertiary/aromatic N) is 2. The molecule has 0 aliphatic heterocycles. The molecule has 0 saturated carbocycles. The van der Waals surface area contributed by atoms with Crippen molar-refractivity contribution >= 4 is 54.6 Å². The van der Waals surface area contributed by atoms with Crippen LogP contribution < -0.4 is 4.72 Å². The van der Waals surface area contributed by atoms with Crippen LogP contribution >= 0.6 is 38.9 Å². The van der Waals surface area contributed by atoms with Gasteiger partial charge in [0.2, 0.25) is 0 Å². The Morgan fingerprint density at radius 1 is 1.24 bits per heavy atom. The second-order valence-electron chi connectivity index (χ2n) is 5.46. The fourth-order valence-electron chi connectivity index (χ4n) is 2.41. The molecule has 2 heterocycles. The fourth-order valence-corrected chi connectivity index (χ4v) is 5.80. The van der Waals surface area contributed by atoms with E-state index in [9.17, 15) is 8.42 Å². The number of halogens is 2. The van der Waals surface area contributed by atoms with Crippen molar-refractivity contribution in [1.82, 2.24) is 9.78 Å². The van der Waals surface area contributed by atoms with Gasteiger partial charge in [-0.25, -0.2) is 8.42 Å². The summed E-state index contributed by atoms with van der Waals surface area (Å²) in [6.45, 7) is 4.08. The summed E-state index contributed by atoms with van der Waals surface area (Å²) in [5, 5.41) is 5.11. The van der Waals surface area contributed by atoms with Gasteiger partial charge in [0.15, 0.2) is 0 Å². The van der Waals surface area contributed by atoms with Crippen LogP contribution in [0.15, 0.2) is 44.4 Å². The molecule has 0 fully saturated rings. The Balaban J connectivity index is 1.91. The van der Waals surface area contributed by atoms with Gasteiger partial charge in [-0.1, -0.05) is 29.8 Å². The molecule has 132 valence electrons. The van der Waals surface area contributed by atoms with Crippen LogP contribution in [0, 0.1) is 13.8 Å². The molecule has 5 nitrogen and oxygen atoms in total. The molecule has 1 aromatic carbocycles. The maximum Gasteiger partial charge on any atom is 0.271 e. The number of aryl methyl sites for hydroxylation is 1. The number of benzene rings is 1. The molecule has 0 unspecified atom stereocenters. The van der Waals surface area contributed by atoms with Gasteiger partial charge in [-0.05, 0) is 53.5 Å². The zero-order valence-electron chi connectivity index (χ0n) is 13.5. The summed E-state index contributed by atoms with van der Waals surface area (Å²) in [6.07, 6.45) is 0. The Labute approximate surface area is 163 Å². The first-order chi connectivity index (χ1) is 11.8. The van der Waals surface area contributed by atoms with Crippen molar-refractivity contribution in [3.05, 3.63) is 62.2 Å². The summed E-state index contributed by atoms with van der Waals surface area (Å²) in [6, 6.07) is 10.8. The predicted octanol–water partition coefficient (Wildman–Crippen LogP) is 4.83. The second-order valence-corrected chi connectivity index (χ2v) is 10.2. The summed E-state index contributed by atoms with van der Waals surface area (Å²) >= 11 is 10.6. The maximum atomic E-state index is 12.6. The molecular weight excluding hydrogens is 446 g/mol. The monoisotopic (exact) mass is 459 g/mol. The third-order valence-electron chi connectivity index (χ3n) is 3.71. The lowest BCUT2D eigenvalue weighted by Crippen LogP contribution is -2.13. The molecule has 0 atom stereocenters. The summed E-state index contributed by atoms with van der Waals surface area (Å²) in [7, 11) is -3.65. The minimum Gasteiger partial charge on any atom is -0.275 e. The largest absolute Gasteiger partial charge is 0.275 e. The zero-order chi connectivity index (χ0) is 18.2. The SMILES string of the molecule is Cc1nn(Cc2ccccc2Cl)c(C)c1NS(=O)(=O)c1ccc(Br)s1. The Hall–Kier alpha value is -1.35. The molecule has 0 amide bonds. The first-order valence-corrected chi connectivity index (χ1v) is 10.8. The molecular formula is C16H15BrClN3O2S2. The number of sulfonamides is 1. The van der Waals surface area contributed by atoms with Gasteiger partial charge in [0.1, 0.15) is 4.21 Å². The lowest BCUT2D eigenvalue weighted by Gasteiger charge is -2.09. The van der Waals surface area contributed by atoms with Gasteiger partial charge in [-0.3, -0.25) is 9.40 Å². The van der Waals surface area contributed by atoms with Crippen molar-refractivity contribution in [3.63, 3.8) is 0 Å². The first-order valence-electron chi connectivity index (χ1n) is 7.33. The van der Waals surface area contributed by atoms with E-state index in [1.165, 1.54) is 0 Å². The van der Waals surface area contributed by atoms with E-state index < -0.39 is 10.0 Å². The normalized spacial score (nSPS) is 11.7. The molecule has 1 N–H and O–H groups in total. The fraction of sp³-hybridized carbons (Fsp3) is 0.188. The van der Waals surface area contributed by atoms with Crippen LogP contribution in [0.1, 0.15) is 17.0 Å². The van der Waals surface area contributed by atoms with Gasteiger partial charge in [-0.2, -0.15) is 5.10 Å². The van der Waals surface area contributed by atoms with Gasteiger partial charge in [0.05, 0.1) is 27.4 Å². The Morgan fingerprint density at radius 3 is 2.60 bits per heavy atom. The Bertz CT molecular complexity index is 1030. The van der Waals surface area contributed by atoms with Crippen molar-refractivity contribution in [2.24, 2.45) is 0 Å². The maximum absolute atomic E-state index is 12.6. The van der Waals surface area contributed by atoms with Gasteiger partial charge in [-0.15, -0.1) is 11.3 Å². The van der Waals surface area contributed by atoms with Gasteiger partial charge >= 0.3 is 0 Å². The van der Waals surface area contributed by atoms with Crippen LogP contribution in [-0.4, -0.2) is 18.2 Å². The lowest BCUT2D eigenvalue weighted by molar-refractivity contribution is 0.603. The number of nitrogens with one attached hydrogen (secondary N) is 1. The smallest absolute Gasteiger partial charge is 0.271 e. The van der Waals surface area contributed by atoms with Gasteiger partial charge in [0, 0.05) is 5.02 Å². The van der Waals surface area contributed by atoms with E-state index in [1.807, 2.05) is 31.2 Å². The number of rotatable bonds is 5. The van der Waals surface area contributed by atoms with Crippen molar-refractivity contribution in [3.8, 4) is 0 Å². The number of hydrogen-bond acceptors (Lipinski definition) is 4. The molecule has 0 aliphatic carbocycles. The minimum atomic E-state index is -3.65. The first kappa shape index (κ1) is 18.4. The van der Waals surface area contributed by atoms with E-state index in [-0.39, 0.29) is 4.21 Å². The van der Waals surface area contributed by atoms with E-state index in [1.54, 1.807) is 23.7 Å². The molecule has 0 radical (unpaired) electrons. The molecule has 3 rings (SSSR count). The third-order valence-corrected chi connectivity index (χ3v) is 7.54. The van der Waals surface area contributed by atoms with E-state index in [0.29, 0.717) is 22.9 Å². The molecule has 0 spiro atoms. The molecule has 25 heavy (non-hydrogen) atoms. The number of hydrogen-bond donors (Lipinski definition) is 1. The van der Waals surface area contributed by atoms with Crippen LogP contribution in [0.5, 0.6) is 0 Å². The highest BCUT2D eigenvalue weighted by atomic mass is 79.9. The number of aromatic nitrogens is 2. The van der Waals surface area contributed by atoms with Crippen LogP contribution in [0.4, 0.5) is 5.69 Å². The van der Waals surface area contributed by atoms with Crippen molar-refractivity contribution in [2.75, 3.05) is 4.72 Å². The summed E-state index contributed by atoms with van der Waals surface area (Å²) in [5.74, 6) is 0. The molecule has 3 aromatic rings. The highest BCUT2D eigenvalue weighted by molar-refractivity contribution is 9.11. The topological polar surface area (TPSA) is 64.0 Å². The van der Waals surface area contributed by atoms with Crippen LogP contribution in [0.2, 0.25) is 5.02 Å². The lowest BCUT2D eigenvalue weighted by atomic mass is 10.2. The molecule has 9 heteroatoms. The molecule has 0 saturated heterocycles. The molecule has 0 bridgehead atoms. The average molecular weight is 461 g/mol. The Morgan fingerprint density at radius 2 is 1.96 bits per heavy atom. The van der Waals surface area contributed by atoms with Crippen molar-refractivity contribution in [1.29, 1.82) is 0 Å². The van der Waals surface area contributed by atoms with Crippen LogP contribution in [0.3, 0.4) is 0 Å². The van der Waals surface area contributed by atoms with Crippen molar-refractivity contribution < 1.29 is 8.42 Å². The average Bonchev–Trinajstić information content (AvgIpc) is 3.09. The predicted molar refractivity (Wildman–Crippen MR) is 105 cm³/mol. The molecule has 2 aromatic heterocycles. The van der Waals surface area contributed by atoms with Crippen LogP contribution in [0.25, 0.3) is 0 Å². The van der Waals surface area contributed by atoms with Gasteiger partial charge < -0.3 is 0 Å². The zero-order valence-corrected chi connectivity index (χ0v) is 17.4. The summed E-state index contributed by atoms with van der Waals surface area (Å²) < 4.78 is 30.5. The number of anilines is 1. The van der Waals surface area contributed by atoms with Gasteiger partial charge in [0.25, 0.3) is 10.0 Å². The van der Waals surface area contributed by atoms with E-state index in [2.05, 4.69) is 25.8 Å².